The van der Waals surface area contributed by atoms with E-state index in [1.54, 1.807) is 6.07 Å². The van der Waals surface area contributed by atoms with E-state index >= 15 is 0 Å². The molecule has 0 aromatic heterocycles. The number of nitrogens with one attached hydrogen (secondary N) is 1. The molecule has 1 fully saturated rings. The summed E-state index contributed by atoms with van der Waals surface area (Å²) >= 11 is 0. The minimum absolute atomic E-state index is 0. The number of hydrogen-bond donors (Lipinski definition) is 1. The molecule has 0 radical (unpaired) electrons. The first-order valence-corrected chi connectivity index (χ1v) is 7.08. The Morgan fingerprint density at radius 2 is 2.09 bits per heavy atom. The van der Waals surface area contributed by atoms with Crippen LogP contribution in [0.25, 0.3) is 0 Å². The average molecular weight is 353 g/mol. The van der Waals surface area contributed by atoms with Crippen molar-refractivity contribution in [2.24, 2.45) is 0 Å². The van der Waals surface area contributed by atoms with E-state index in [1.165, 1.54) is 24.1 Å². The highest BCUT2D eigenvalue weighted by Crippen LogP contribution is 2.32. The van der Waals surface area contributed by atoms with Crippen molar-refractivity contribution in [3.05, 3.63) is 35.4 Å². The zero-order valence-corrected chi connectivity index (χ0v) is 13.5. The van der Waals surface area contributed by atoms with Crippen LogP contribution in [0.1, 0.15) is 17.5 Å². The van der Waals surface area contributed by atoms with Crippen LogP contribution in [0.3, 0.4) is 0 Å². The molecule has 4 nitrogen and oxygen atoms in total. The van der Waals surface area contributed by atoms with E-state index in [4.69, 9.17) is 4.74 Å². The lowest BCUT2D eigenvalue weighted by Gasteiger charge is -2.26. The van der Waals surface area contributed by atoms with Crippen LogP contribution < -0.4 is 5.32 Å². The lowest BCUT2D eigenvalue weighted by Crippen LogP contribution is -2.44. The zero-order valence-electron chi connectivity index (χ0n) is 12.7. The number of amides is 1. The van der Waals surface area contributed by atoms with Gasteiger partial charge in [-0.1, -0.05) is 18.2 Å². The fourth-order valence-corrected chi connectivity index (χ4v) is 2.40. The first kappa shape index (κ1) is 19.7. The average Bonchev–Trinajstić information content (AvgIpc) is 2.47. The van der Waals surface area contributed by atoms with E-state index in [9.17, 15) is 18.0 Å². The van der Waals surface area contributed by atoms with Gasteiger partial charge in [-0.25, -0.2) is 0 Å². The minimum atomic E-state index is -4.42. The predicted octanol–water partition coefficient (Wildman–Crippen LogP) is 2.46. The third-order valence-corrected chi connectivity index (χ3v) is 3.58. The number of rotatable bonds is 4. The molecule has 1 aliphatic heterocycles. The van der Waals surface area contributed by atoms with Crippen LogP contribution in [-0.2, 0) is 22.3 Å². The Balaban J connectivity index is 0.00000264. The molecule has 1 aliphatic rings. The van der Waals surface area contributed by atoms with Crippen molar-refractivity contribution in [1.29, 1.82) is 0 Å². The first-order valence-electron chi connectivity index (χ1n) is 7.08. The van der Waals surface area contributed by atoms with E-state index < -0.39 is 11.7 Å². The molecule has 0 saturated carbocycles. The van der Waals surface area contributed by atoms with Crippen molar-refractivity contribution >= 4 is 18.3 Å². The van der Waals surface area contributed by atoms with Crippen LogP contribution in [0.5, 0.6) is 0 Å². The molecule has 1 aromatic rings. The smallest absolute Gasteiger partial charge is 0.378 e. The van der Waals surface area contributed by atoms with Gasteiger partial charge in [0.05, 0.1) is 18.8 Å². The van der Waals surface area contributed by atoms with Crippen molar-refractivity contribution in [2.75, 3.05) is 26.8 Å². The number of morpholine rings is 1. The summed E-state index contributed by atoms with van der Waals surface area (Å²) in [7, 11) is 1.51. The van der Waals surface area contributed by atoms with Gasteiger partial charge in [0, 0.05) is 32.6 Å². The molecular formula is C15H20ClF3N2O2. The van der Waals surface area contributed by atoms with E-state index in [2.05, 4.69) is 5.32 Å². The van der Waals surface area contributed by atoms with E-state index in [0.717, 1.165) is 6.07 Å². The summed E-state index contributed by atoms with van der Waals surface area (Å²) in [6.07, 6.45) is -4.20. The molecule has 0 bridgehead atoms. The molecule has 1 saturated heterocycles. The van der Waals surface area contributed by atoms with Crippen molar-refractivity contribution < 1.29 is 22.7 Å². The molecule has 1 amide bonds. The SMILES string of the molecule is CN(Cc1ccccc1C(F)(F)F)C(=O)CC1COCCN1.Cl. The van der Waals surface area contributed by atoms with Crippen molar-refractivity contribution in [3.63, 3.8) is 0 Å². The van der Waals surface area contributed by atoms with Gasteiger partial charge in [-0.15, -0.1) is 12.4 Å². The van der Waals surface area contributed by atoms with E-state index in [1.807, 2.05) is 0 Å². The molecule has 1 aromatic carbocycles. The Hall–Kier alpha value is -1.31. The molecule has 2 rings (SSSR count). The third-order valence-electron chi connectivity index (χ3n) is 3.58. The second-order valence-electron chi connectivity index (χ2n) is 5.33. The molecule has 130 valence electrons. The fraction of sp³-hybridized carbons (Fsp3) is 0.533. The highest BCUT2D eigenvalue weighted by atomic mass is 35.5. The number of alkyl halides is 3. The van der Waals surface area contributed by atoms with Gasteiger partial charge >= 0.3 is 6.18 Å². The summed E-state index contributed by atoms with van der Waals surface area (Å²) in [6.45, 7) is 1.67. The number of halogens is 4. The maximum atomic E-state index is 12.9. The van der Waals surface area contributed by atoms with Crippen molar-refractivity contribution in [3.8, 4) is 0 Å². The summed E-state index contributed by atoms with van der Waals surface area (Å²) in [6, 6.07) is 5.23. The summed E-state index contributed by atoms with van der Waals surface area (Å²) in [5, 5.41) is 3.15. The van der Waals surface area contributed by atoms with Crippen LogP contribution >= 0.6 is 12.4 Å². The summed E-state index contributed by atoms with van der Waals surface area (Å²) in [5.74, 6) is -0.208. The van der Waals surface area contributed by atoms with Gasteiger partial charge in [-0.05, 0) is 11.6 Å². The van der Waals surface area contributed by atoms with E-state index in [-0.39, 0.29) is 42.9 Å². The monoisotopic (exact) mass is 352 g/mol. The van der Waals surface area contributed by atoms with Crippen molar-refractivity contribution in [1.82, 2.24) is 10.2 Å². The highest BCUT2D eigenvalue weighted by molar-refractivity contribution is 5.85. The summed E-state index contributed by atoms with van der Waals surface area (Å²) in [5.41, 5.74) is -0.604. The lowest BCUT2D eigenvalue weighted by molar-refractivity contribution is -0.139. The molecule has 23 heavy (non-hydrogen) atoms. The minimum Gasteiger partial charge on any atom is -0.378 e. The normalized spacial score (nSPS) is 18.2. The topological polar surface area (TPSA) is 41.6 Å². The van der Waals surface area contributed by atoms with Crippen molar-refractivity contribution in [2.45, 2.75) is 25.2 Å². The molecule has 8 heteroatoms. The van der Waals surface area contributed by atoms with Crippen LogP contribution in [0, 0.1) is 0 Å². The summed E-state index contributed by atoms with van der Waals surface area (Å²) in [4.78, 5) is 13.4. The molecular weight excluding hydrogens is 333 g/mol. The zero-order chi connectivity index (χ0) is 16.2. The first-order chi connectivity index (χ1) is 10.4. The lowest BCUT2D eigenvalue weighted by atomic mass is 10.1. The number of ether oxygens (including phenoxy) is 1. The maximum absolute atomic E-state index is 12.9. The fourth-order valence-electron chi connectivity index (χ4n) is 2.40. The van der Waals surface area contributed by atoms with Crippen LogP contribution in [-0.4, -0.2) is 43.7 Å². The number of benzene rings is 1. The van der Waals surface area contributed by atoms with Gasteiger partial charge in [0.1, 0.15) is 0 Å². The van der Waals surface area contributed by atoms with Gasteiger partial charge in [0.25, 0.3) is 0 Å². The predicted molar refractivity (Wildman–Crippen MR) is 82.4 cm³/mol. The highest BCUT2D eigenvalue weighted by Gasteiger charge is 2.33. The second-order valence-corrected chi connectivity index (χ2v) is 5.33. The number of carbonyl (C=O) groups excluding carboxylic acids is 1. The largest absolute Gasteiger partial charge is 0.416 e. The van der Waals surface area contributed by atoms with Gasteiger partial charge < -0.3 is 15.0 Å². The van der Waals surface area contributed by atoms with Gasteiger partial charge in [-0.2, -0.15) is 13.2 Å². The number of nitrogens with zero attached hydrogens (tertiary/aromatic N) is 1. The van der Waals surface area contributed by atoms with Crippen LogP contribution in [0.15, 0.2) is 24.3 Å². The van der Waals surface area contributed by atoms with Crippen LogP contribution in [0.4, 0.5) is 13.2 Å². The Morgan fingerprint density at radius 3 is 2.70 bits per heavy atom. The summed E-state index contributed by atoms with van der Waals surface area (Å²) < 4.78 is 44.1. The number of hydrogen-bond acceptors (Lipinski definition) is 3. The van der Waals surface area contributed by atoms with Gasteiger partial charge in [0.15, 0.2) is 0 Å². The standard InChI is InChI=1S/C15H19F3N2O2.ClH/c1-20(14(21)8-12-10-22-7-6-19-12)9-11-4-2-3-5-13(11)15(16,17)18;/h2-5,12,19H,6-10H2,1H3;1H. The third kappa shape index (κ3) is 5.67. The Bertz CT molecular complexity index is 520. The molecule has 1 heterocycles. The Labute approximate surface area is 139 Å². The molecule has 1 atom stereocenters. The van der Waals surface area contributed by atoms with E-state index in [0.29, 0.717) is 19.8 Å². The Morgan fingerprint density at radius 1 is 1.39 bits per heavy atom. The molecule has 0 spiro atoms. The molecule has 1 unspecified atom stereocenters. The molecule has 0 aliphatic carbocycles. The Kier molecular flexibility index (Phi) is 7.31. The van der Waals surface area contributed by atoms with Crippen LogP contribution in [0.2, 0.25) is 0 Å². The number of carbonyl (C=O) groups is 1. The van der Waals surface area contributed by atoms with Gasteiger partial charge in [0.2, 0.25) is 5.91 Å². The quantitative estimate of drug-likeness (QED) is 0.905. The van der Waals surface area contributed by atoms with Gasteiger partial charge in [-0.3, -0.25) is 4.79 Å². The maximum Gasteiger partial charge on any atom is 0.416 e. The molecule has 1 N–H and O–H groups in total. The second kappa shape index (κ2) is 8.52.